The van der Waals surface area contributed by atoms with Gasteiger partial charge in [-0.3, -0.25) is 4.79 Å². The molecule has 1 amide bonds. The Labute approximate surface area is 135 Å². The van der Waals surface area contributed by atoms with Gasteiger partial charge in [0, 0.05) is 0 Å². The van der Waals surface area contributed by atoms with Crippen LogP contribution in [0.15, 0.2) is 35.7 Å². The fraction of sp³-hybridized carbons (Fsp3) is 0.294. The highest BCUT2D eigenvalue weighted by Crippen LogP contribution is 2.15. The van der Waals surface area contributed by atoms with E-state index >= 15 is 0 Å². The summed E-state index contributed by atoms with van der Waals surface area (Å²) in [5.41, 5.74) is 2.32. The highest BCUT2D eigenvalue weighted by atomic mass is 32.1. The molecule has 2 rings (SSSR count). The number of thiophene rings is 1. The Balaban J connectivity index is 2.03. The summed E-state index contributed by atoms with van der Waals surface area (Å²) >= 11 is 1.72. The van der Waals surface area contributed by atoms with E-state index in [1.54, 1.807) is 29.5 Å². The largest absolute Gasteiger partial charge is 0.323 e. The Morgan fingerprint density at radius 1 is 1.41 bits per heavy atom. The number of benzene rings is 1. The van der Waals surface area contributed by atoms with E-state index in [9.17, 15) is 4.79 Å². The number of amides is 1. The SMILES string of the molecule is Cc1ccsc1C[NH+](C)[C@H](C)C(=O)Nc1ccccc1C#N. The first kappa shape index (κ1) is 16.2. The molecule has 1 aromatic carbocycles. The number of likely N-dealkylation sites (N-methyl/N-ethyl adjacent to an activating group) is 1. The van der Waals surface area contributed by atoms with Gasteiger partial charge in [0.05, 0.1) is 23.2 Å². The van der Waals surface area contributed by atoms with E-state index in [2.05, 4.69) is 29.8 Å². The normalized spacial score (nSPS) is 13.2. The Hall–Kier alpha value is -2.16. The van der Waals surface area contributed by atoms with Crippen LogP contribution in [0.1, 0.15) is 22.9 Å². The predicted molar refractivity (Wildman–Crippen MR) is 88.9 cm³/mol. The molecule has 114 valence electrons. The van der Waals surface area contributed by atoms with Gasteiger partial charge < -0.3 is 10.2 Å². The second-order valence-corrected chi connectivity index (χ2v) is 6.42. The van der Waals surface area contributed by atoms with Crippen molar-refractivity contribution < 1.29 is 9.69 Å². The average Bonchev–Trinajstić information content (AvgIpc) is 2.92. The highest BCUT2D eigenvalue weighted by Gasteiger charge is 2.23. The average molecular weight is 314 g/mol. The van der Waals surface area contributed by atoms with Gasteiger partial charge in [-0.1, -0.05) is 12.1 Å². The van der Waals surface area contributed by atoms with Crippen LogP contribution in [0.4, 0.5) is 5.69 Å². The van der Waals surface area contributed by atoms with Crippen molar-refractivity contribution >= 4 is 22.9 Å². The minimum Gasteiger partial charge on any atom is -0.323 e. The van der Waals surface area contributed by atoms with Gasteiger partial charge in [-0.05, 0) is 43.0 Å². The van der Waals surface area contributed by atoms with Crippen LogP contribution >= 0.6 is 11.3 Å². The molecular weight excluding hydrogens is 294 g/mol. The quantitative estimate of drug-likeness (QED) is 0.886. The van der Waals surface area contributed by atoms with Crippen molar-refractivity contribution in [1.82, 2.24) is 0 Å². The van der Waals surface area contributed by atoms with Crippen molar-refractivity contribution in [2.24, 2.45) is 0 Å². The number of carbonyl (C=O) groups is 1. The number of anilines is 1. The molecule has 0 saturated carbocycles. The van der Waals surface area contributed by atoms with Crippen LogP contribution in [-0.2, 0) is 11.3 Å². The van der Waals surface area contributed by atoms with Gasteiger partial charge in [-0.2, -0.15) is 5.26 Å². The Morgan fingerprint density at radius 3 is 2.77 bits per heavy atom. The number of nitriles is 1. The molecule has 1 aromatic heterocycles. The molecule has 22 heavy (non-hydrogen) atoms. The van der Waals surface area contributed by atoms with Crippen LogP contribution in [0, 0.1) is 18.3 Å². The molecule has 0 aliphatic rings. The lowest BCUT2D eigenvalue weighted by Crippen LogP contribution is -3.12. The van der Waals surface area contributed by atoms with Crippen molar-refractivity contribution in [3.8, 4) is 6.07 Å². The monoisotopic (exact) mass is 314 g/mol. The van der Waals surface area contributed by atoms with E-state index in [0.717, 1.165) is 11.4 Å². The van der Waals surface area contributed by atoms with Crippen molar-refractivity contribution in [3.05, 3.63) is 51.7 Å². The summed E-state index contributed by atoms with van der Waals surface area (Å²) in [4.78, 5) is 14.8. The lowest BCUT2D eigenvalue weighted by molar-refractivity contribution is -0.907. The number of hydrogen-bond donors (Lipinski definition) is 2. The maximum absolute atomic E-state index is 12.4. The molecule has 2 N–H and O–H groups in total. The molecule has 0 fully saturated rings. The second-order valence-electron chi connectivity index (χ2n) is 5.42. The zero-order valence-electron chi connectivity index (χ0n) is 13.0. The highest BCUT2D eigenvalue weighted by molar-refractivity contribution is 7.10. The third-order valence-electron chi connectivity index (χ3n) is 3.85. The summed E-state index contributed by atoms with van der Waals surface area (Å²) in [6, 6.07) is 11.0. The molecule has 2 aromatic rings. The molecule has 0 bridgehead atoms. The van der Waals surface area contributed by atoms with E-state index in [4.69, 9.17) is 5.26 Å². The molecule has 4 nitrogen and oxygen atoms in total. The third-order valence-corrected chi connectivity index (χ3v) is 4.87. The van der Waals surface area contributed by atoms with Gasteiger partial charge in [0.1, 0.15) is 12.6 Å². The number of nitrogens with one attached hydrogen (secondary N) is 2. The van der Waals surface area contributed by atoms with Crippen LogP contribution in [0.2, 0.25) is 0 Å². The van der Waals surface area contributed by atoms with Gasteiger partial charge in [0.2, 0.25) is 0 Å². The first-order chi connectivity index (χ1) is 10.5. The first-order valence-corrected chi connectivity index (χ1v) is 8.06. The summed E-state index contributed by atoms with van der Waals surface area (Å²) < 4.78 is 0. The number of para-hydroxylation sites is 1. The van der Waals surface area contributed by atoms with E-state index in [0.29, 0.717) is 11.3 Å². The van der Waals surface area contributed by atoms with Gasteiger partial charge in [0.15, 0.2) is 6.04 Å². The van der Waals surface area contributed by atoms with Crippen molar-refractivity contribution in [3.63, 3.8) is 0 Å². The standard InChI is InChI=1S/C17H19N3OS/c1-12-8-9-22-16(12)11-20(3)13(2)17(21)19-15-7-5-4-6-14(15)10-18/h4-9,13H,11H2,1-3H3,(H,19,21)/p+1/t13-/m1/s1. The number of rotatable bonds is 5. The van der Waals surface area contributed by atoms with Crippen molar-refractivity contribution in [2.45, 2.75) is 26.4 Å². The molecule has 1 heterocycles. The fourth-order valence-corrected chi connectivity index (χ4v) is 3.15. The number of quaternary nitrogens is 1. The maximum Gasteiger partial charge on any atom is 0.282 e. The van der Waals surface area contributed by atoms with Gasteiger partial charge in [0.25, 0.3) is 5.91 Å². The Bertz CT molecular complexity index is 702. The summed E-state index contributed by atoms with van der Waals surface area (Å²) in [5.74, 6) is -0.0746. The molecule has 0 radical (unpaired) electrons. The molecule has 2 atom stereocenters. The van der Waals surface area contributed by atoms with Gasteiger partial charge in [-0.15, -0.1) is 11.3 Å². The molecule has 5 heteroatoms. The van der Waals surface area contributed by atoms with Crippen LogP contribution in [0.5, 0.6) is 0 Å². The molecule has 0 aliphatic carbocycles. The maximum atomic E-state index is 12.4. The minimum absolute atomic E-state index is 0.0746. The molecule has 0 saturated heterocycles. The minimum atomic E-state index is -0.201. The van der Waals surface area contributed by atoms with E-state index in [1.165, 1.54) is 10.4 Å². The number of hydrogen-bond acceptors (Lipinski definition) is 3. The lowest BCUT2D eigenvalue weighted by Gasteiger charge is -2.21. The van der Waals surface area contributed by atoms with Crippen molar-refractivity contribution in [1.29, 1.82) is 5.26 Å². The zero-order chi connectivity index (χ0) is 16.1. The molecular formula is C17H20N3OS+. The molecule has 1 unspecified atom stereocenters. The number of aryl methyl sites for hydroxylation is 1. The lowest BCUT2D eigenvalue weighted by atomic mass is 10.2. The van der Waals surface area contributed by atoms with Crippen LogP contribution in [0.3, 0.4) is 0 Å². The van der Waals surface area contributed by atoms with E-state index < -0.39 is 0 Å². The van der Waals surface area contributed by atoms with Crippen LogP contribution in [0.25, 0.3) is 0 Å². The smallest absolute Gasteiger partial charge is 0.282 e. The van der Waals surface area contributed by atoms with Crippen molar-refractivity contribution in [2.75, 3.05) is 12.4 Å². The number of carbonyl (C=O) groups excluding carboxylic acids is 1. The van der Waals surface area contributed by atoms with Gasteiger partial charge in [-0.25, -0.2) is 0 Å². The predicted octanol–water partition coefficient (Wildman–Crippen LogP) is 1.97. The van der Waals surface area contributed by atoms with E-state index in [1.807, 2.05) is 20.0 Å². The second kappa shape index (κ2) is 7.21. The summed E-state index contributed by atoms with van der Waals surface area (Å²) in [6.45, 7) is 4.81. The molecule has 0 aliphatic heterocycles. The van der Waals surface area contributed by atoms with Gasteiger partial charge >= 0.3 is 0 Å². The molecule has 0 spiro atoms. The summed E-state index contributed by atoms with van der Waals surface area (Å²) in [5, 5.41) is 14.0. The van der Waals surface area contributed by atoms with Crippen LogP contribution < -0.4 is 10.2 Å². The third kappa shape index (κ3) is 3.73. The Kier molecular flexibility index (Phi) is 5.31. The van der Waals surface area contributed by atoms with Crippen LogP contribution in [-0.4, -0.2) is 19.0 Å². The summed E-state index contributed by atoms with van der Waals surface area (Å²) in [7, 11) is 2.01. The zero-order valence-corrected chi connectivity index (χ0v) is 13.8. The first-order valence-electron chi connectivity index (χ1n) is 7.18. The summed E-state index contributed by atoms with van der Waals surface area (Å²) in [6.07, 6.45) is 0. The topological polar surface area (TPSA) is 57.3 Å². The Morgan fingerprint density at radius 2 is 2.14 bits per heavy atom. The van der Waals surface area contributed by atoms with E-state index in [-0.39, 0.29) is 11.9 Å². The fourth-order valence-electron chi connectivity index (χ4n) is 2.15. The number of nitrogens with zero attached hydrogens (tertiary/aromatic N) is 1.